The SMILES string of the molecule is CCNC(=O)CN(Cc1ccc(Cl)cc1)[C@@H]1CCN(CC/C=C2/c3cc(C(C)(C)O)ccc3OCc3ncccc32)C1. The standard InChI is InChI=1S/C34H41ClN4O3/c1-4-36-33(40)22-39(20-24-9-12-26(35)13-10-24)27-15-18-38(21-27)17-6-8-28-29-7-5-16-37-31(29)23-42-32-14-11-25(19-30(28)32)34(2,3)41/h5,7-14,16,19,27,41H,4,6,15,17-18,20-23H2,1-3H3,(H,36,40)/b28-8+/t27-/m1/s1. The van der Waals surface area contributed by atoms with Gasteiger partial charge in [-0.15, -0.1) is 0 Å². The number of rotatable bonds is 10. The van der Waals surface area contributed by atoms with Crippen LogP contribution in [0.3, 0.4) is 0 Å². The molecule has 2 aromatic carbocycles. The van der Waals surface area contributed by atoms with Gasteiger partial charge in [-0.25, -0.2) is 0 Å². The Morgan fingerprint density at radius 2 is 2.02 bits per heavy atom. The van der Waals surface area contributed by atoms with E-state index in [1.165, 1.54) is 0 Å². The number of carbonyl (C=O) groups is 1. The van der Waals surface area contributed by atoms with Gasteiger partial charge >= 0.3 is 0 Å². The van der Waals surface area contributed by atoms with Crippen molar-refractivity contribution in [2.75, 3.05) is 32.7 Å². The van der Waals surface area contributed by atoms with Gasteiger partial charge in [0.1, 0.15) is 12.4 Å². The number of amides is 1. The molecular formula is C34H41ClN4O3. The lowest BCUT2D eigenvalue weighted by atomic mass is 9.90. The minimum Gasteiger partial charge on any atom is -0.487 e. The summed E-state index contributed by atoms with van der Waals surface area (Å²) in [5.41, 5.74) is 5.09. The number of aliphatic hydroxyl groups is 1. The summed E-state index contributed by atoms with van der Waals surface area (Å²) in [4.78, 5) is 22.0. The van der Waals surface area contributed by atoms with Crippen LogP contribution < -0.4 is 10.1 Å². The van der Waals surface area contributed by atoms with Gasteiger partial charge in [-0.3, -0.25) is 14.7 Å². The number of hydrogen-bond acceptors (Lipinski definition) is 6. The van der Waals surface area contributed by atoms with Gasteiger partial charge in [-0.05, 0) is 87.2 Å². The number of benzene rings is 2. The highest BCUT2D eigenvalue weighted by atomic mass is 35.5. The molecule has 0 aliphatic carbocycles. The lowest BCUT2D eigenvalue weighted by molar-refractivity contribution is -0.122. The van der Waals surface area contributed by atoms with Crippen molar-refractivity contribution in [1.29, 1.82) is 0 Å². The zero-order valence-electron chi connectivity index (χ0n) is 24.8. The minimum atomic E-state index is -0.958. The van der Waals surface area contributed by atoms with Gasteiger partial charge in [0.25, 0.3) is 0 Å². The number of halogens is 1. The number of likely N-dealkylation sites (tertiary alicyclic amines) is 1. The molecule has 7 nitrogen and oxygen atoms in total. The predicted octanol–water partition coefficient (Wildman–Crippen LogP) is 5.39. The average Bonchev–Trinajstić information content (AvgIpc) is 3.38. The Labute approximate surface area is 254 Å². The van der Waals surface area contributed by atoms with Crippen LogP contribution in [0.1, 0.15) is 61.6 Å². The first kappa shape index (κ1) is 30.2. The van der Waals surface area contributed by atoms with E-state index in [1.807, 2.05) is 55.5 Å². The summed E-state index contributed by atoms with van der Waals surface area (Å²) in [6.45, 7) is 10.5. The Balaban J connectivity index is 1.32. The van der Waals surface area contributed by atoms with Gasteiger partial charge in [-0.1, -0.05) is 41.9 Å². The molecule has 1 aromatic heterocycles. The number of likely N-dealkylation sites (N-methyl/N-ethyl adjacent to an activating group) is 1. The zero-order chi connectivity index (χ0) is 29.7. The monoisotopic (exact) mass is 588 g/mol. The number of ether oxygens (including phenoxy) is 1. The van der Waals surface area contributed by atoms with Crippen molar-refractivity contribution < 1.29 is 14.6 Å². The zero-order valence-corrected chi connectivity index (χ0v) is 25.5. The lowest BCUT2D eigenvalue weighted by Gasteiger charge is -2.28. The molecule has 2 N–H and O–H groups in total. The van der Waals surface area contributed by atoms with Gasteiger partial charge in [0.05, 0.1) is 17.8 Å². The van der Waals surface area contributed by atoms with Crippen LogP contribution in [-0.4, -0.2) is 64.6 Å². The van der Waals surface area contributed by atoms with Gasteiger partial charge in [0.15, 0.2) is 0 Å². The molecule has 2 aliphatic rings. The fourth-order valence-corrected chi connectivity index (χ4v) is 5.96. The maximum atomic E-state index is 12.6. The first-order valence-electron chi connectivity index (χ1n) is 14.8. The topological polar surface area (TPSA) is 77.9 Å². The van der Waals surface area contributed by atoms with Gasteiger partial charge in [-0.2, -0.15) is 0 Å². The molecule has 1 fully saturated rings. The van der Waals surface area contributed by atoms with Crippen molar-refractivity contribution in [1.82, 2.24) is 20.1 Å². The molecule has 0 radical (unpaired) electrons. The van der Waals surface area contributed by atoms with E-state index in [0.717, 1.165) is 71.7 Å². The summed E-state index contributed by atoms with van der Waals surface area (Å²) in [5, 5.41) is 14.4. The fraction of sp³-hybridized carbons (Fsp3) is 0.412. The number of aromatic nitrogens is 1. The van der Waals surface area contributed by atoms with Crippen LogP contribution >= 0.6 is 11.6 Å². The summed E-state index contributed by atoms with van der Waals surface area (Å²) in [6, 6.07) is 18.2. The second kappa shape index (κ2) is 13.4. The largest absolute Gasteiger partial charge is 0.487 e. The Kier molecular flexibility index (Phi) is 9.63. The number of pyridine rings is 1. The van der Waals surface area contributed by atoms with Crippen LogP contribution in [-0.2, 0) is 23.5 Å². The molecule has 0 unspecified atom stereocenters. The second-order valence-electron chi connectivity index (χ2n) is 11.7. The van der Waals surface area contributed by atoms with Gasteiger partial charge < -0.3 is 20.1 Å². The van der Waals surface area contributed by atoms with E-state index in [0.29, 0.717) is 37.3 Å². The molecule has 3 aromatic rings. The highest BCUT2D eigenvalue weighted by Crippen LogP contribution is 2.38. The molecule has 8 heteroatoms. The van der Waals surface area contributed by atoms with Crippen LogP contribution in [0.4, 0.5) is 0 Å². The highest BCUT2D eigenvalue weighted by Gasteiger charge is 2.29. The lowest BCUT2D eigenvalue weighted by Crippen LogP contribution is -2.43. The Hall–Kier alpha value is -3.23. The molecule has 42 heavy (non-hydrogen) atoms. The number of nitrogens with zero attached hydrogens (tertiary/aromatic N) is 3. The van der Waals surface area contributed by atoms with Crippen molar-refractivity contribution >= 4 is 23.1 Å². The third kappa shape index (κ3) is 7.39. The van der Waals surface area contributed by atoms with Crippen LogP contribution in [0.25, 0.3) is 5.57 Å². The van der Waals surface area contributed by atoms with Crippen molar-refractivity contribution in [3.05, 3.63) is 99.8 Å². The molecule has 0 spiro atoms. The maximum Gasteiger partial charge on any atom is 0.234 e. The molecule has 1 saturated heterocycles. The minimum absolute atomic E-state index is 0.0570. The maximum absolute atomic E-state index is 12.6. The summed E-state index contributed by atoms with van der Waals surface area (Å²) in [6.07, 6.45) is 5.96. The highest BCUT2D eigenvalue weighted by molar-refractivity contribution is 6.30. The molecule has 1 amide bonds. The van der Waals surface area contributed by atoms with Crippen molar-refractivity contribution in [3.63, 3.8) is 0 Å². The van der Waals surface area contributed by atoms with Crippen LogP contribution in [0.5, 0.6) is 5.75 Å². The smallest absolute Gasteiger partial charge is 0.234 e. The molecule has 3 heterocycles. The summed E-state index contributed by atoms with van der Waals surface area (Å²) in [7, 11) is 0. The molecule has 2 aliphatic heterocycles. The third-order valence-electron chi connectivity index (χ3n) is 8.10. The van der Waals surface area contributed by atoms with Gasteiger partial charge in [0, 0.05) is 54.6 Å². The van der Waals surface area contributed by atoms with E-state index >= 15 is 0 Å². The number of hydrogen-bond donors (Lipinski definition) is 2. The Bertz CT molecular complexity index is 1420. The fourth-order valence-electron chi connectivity index (χ4n) is 5.84. The number of nitrogens with one attached hydrogen (secondary N) is 1. The van der Waals surface area contributed by atoms with Crippen molar-refractivity contribution in [2.24, 2.45) is 0 Å². The third-order valence-corrected chi connectivity index (χ3v) is 8.35. The van der Waals surface area contributed by atoms with E-state index < -0.39 is 5.60 Å². The van der Waals surface area contributed by atoms with Crippen molar-refractivity contribution in [3.8, 4) is 5.75 Å². The van der Waals surface area contributed by atoms with E-state index in [1.54, 1.807) is 20.0 Å². The van der Waals surface area contributed by atoms with E-state index in [-0.39, 0.29) is 5.91 Å². The number of fused-ring (bicyclic) bond motifs is 2. The second-order valence-corrected chi connectivity index (χ2v) is 12.1. The van der Waals surface area contributed by atoms with E-state index in [9.17, 15) is 9.90 Å². The summed E-state index contributed by atoms with van der Waals surface area (Å²) >= 11 is 6.11. The molecule has 0 saturated carbocycles. The molecule has 0 bridgehead atoms. The van der Waals surface area contributed by atoms with E-state index in [2.05, 4.69) is 32.2 Å². The molecule has 222 valence electrons. The van der Waals surface area contributed by atoms with Crippen LogP contribution in [0.15, 0.2) is 66.9 Å². The molecular weight excluding hydrogens is 548 g/mol. The predicted molar refractivity (Wildman–Crippen MR) is 167 cm³/mol. The summed E-state index contributed by atoms with van der Waals surface area (Å²) in [5.74, 6) is 0.860. The average molecular weight is 589 g/mol. The van der Waals surface area contributed by atoms with E-state index in [4.69, 9.17) is 16.3 Å². The Morgan fingerprint density at radius 3 is 2.79 bits per heavy atom. The van der Waals surface area contributed by atoms with Crippen molar-refractivity contribution in [2.45, 2.75) is 58.4 Å². The first-order valence-corrected chi connectivity index (χ1v) is 15.2. The normalized spacial score (nSPS) is 18.0. The molecule has 5 rings (SSSR count). The number of carbonyl (C=O) groups excluding carboxylic acids is 1. The summed E-state index contributed by atoms with van der Waals surface area (Å²) < 4.78 is 6.16. The first-order chi connectivity index (χ1) is 20.2. The van der Waals surface area contributed by atoms with Crippen LogP contribution in [0.2, 0.25) is 5.02 Å². The Morgan fingerprint density at radius 1 is 1.21 bits per heavy atom. The molecule has 1 atom stereocenters. The quantitative estimate of drug-likeness (QED) is 0.331. The van der Waals surface area contributed by atoms with Gasteiger partial charge in [0.2, 0.25) is 5.91 Å². The van der Waals surface area contributed by atoms with Crippen LogP contribution in [0, 0.1) is 0 Å².